The van der Waals surface area contributed by atoms with Crippen LogP contribution in [0.1, 0.15) is 37.4 Å². The first-order valence-electron chi connectivity index (χ1n) is 12.3. The zero-order valence-corrected chi connectivity index (χ0v) is 22.9. The molecule has 43 heavy (non-hydrogen) atoms. The predicted molar refractivity (Wildman–Crippen MR) is 144 cm³/mol. The molecule has 0 aliphatic rings. The van der Waals surface area contributed by atoms with E-state index in [9.17, 15) is 37.1 Å². The van der Waals surface area contributed by atoms with Gasteiger partial charge in [-0.3, -0.25) is 14.4 Å². The lowest BCUT2D eigenvalue weighted by molar-refractivity contribution is -0.160. The first-order valence-corrected chi connectivity index (χ1v) is 12.3. The summed E-state index contributed by atoms with van der Waals surface area (Å²) >= 11 is 0. The maximum absolute atomic E-state index is 12.7. The van der Waals surface area contributed by atoms with Crippen molar-refractivity contribution in [3.8, 4) is 11.5 Å². The number of ether oxygens (including phenoxy) is 2. The summed E-state index contributed by atoms with van der Waals surface area (Å²) in [7, 11) is 0. The predicted octanol–water partition coefficient (Wildman–Crippen LogP) is 3.41. The number of nitrogens with one attached hydrogen (secondary N) is 2. The van der Waals surface area contributed by atoms with Crippen LogP contribution in [0, 0.1) is 13.8 Å². The number of alkyl halides is 3. The molecule has 0 saturated heterocycles. The quantitative estimate of drug-likeness (QED) is 0.211. The Hall–Kier alpha value is -5.40. The second kappa shape index (κ2) is 15.6. The highest BCUT2D eigenvalue weighted by atomic mass is 19.4. The van der Waals surface area contributed by atoms with Gasteiger partial charge in [0.2, 0.25) is 0 Å². The Morgan fingerprint density at radius 2 is 1.33 bits per heavy atom. The maximum Gasteiger partial charge on any atom is 0.416 e. The minimum Gasteiger partial charge on any atom is -0.508 e. The van der Waals surface area contributed by atoms with E-state index in [0.29, 0.717) is 17.4 Å². The van der Waals surface area contributed by atoms with E-state index in [1.165, 1.54) is 30.3 Å². The average Bonchev–Trinajstić information content (AvgIpc) is 2.94. The Kier molecular flexibility index (Phi) is 12.2. The molecule has 0 fully saturated rings. The number of hydrogen-bond acceptors (Lipinski definition) is 8. The molecule has 2 amide bonds. The number of carboxylic acid groups (broad SMARTS) is 1. The number of halogens is 3. The summed E-state index contributed by atoms with van der Waals surface area (Å²) in [6.07, 6.45) is -4.60. The molecule has 4 N–H and O–H groups in total. The molecule has 0 aliphatic carbocycles. The van der Waals surface area contributed by atoms with E-state index >= 15 is 0 Å². The highest BCUT2D eigenvalue weighted by molar-refractivity contribution is 5.97. The van der Waals surface area contributed by atoms with Gasteiger partial charge in [-0.25, -0.2) is 9.59 Å². The molecule has 14 heteroatoms. The van der Waals surface area contributed by atoms with Crippen molar-refractivity contribution in [2.24, 2.45) is 0 Å². The number of rotatable bonds is 9. The second-order valence-electron chi connectivity index (χ2n) is 8.74. The largest absolute Gasteiger partial charge is 0.508 e. The molecular weight excluding hydrogens is 577 g/mol. The van der Waals surface area contributed by atoms with Crippen LogP contribution in [0.4, 0.5) is 13.2 Å². The third-order valence-corrected chi connectivity index (χ3v) is 5.35. The van der Waals surface area contributed by atoms with E-state index in [0.717, 1.165) is 23.3 Å². The number of amides is 2. The molecule has 0 heterocycles. The van der Waals surface area contributed by atoms with Gasteiger partial charge in [0, 0.05) is 11.1 Å². The number of carbonyl (C=O) groups is 5. The lowest BCUT2D eigenvalue weighted by Gasteiger charge is -2.11. The van der Waals surface area contributed by atoms with Gasteiger partial charge in [-0.2, -0.15) is 13.2 Å². The van der Waals surface area contributed by atoms with E-state index in [4.69, 9.17) is 14.9 Å². The Balaban J connectivity index is 0.000000385. The molecule has 228 valence electrons. The Labute approximate surface area is 243 Å². The fourth-order valence-electron chi connectivity index (χ4n) is 3.31. The number of aromatic hydroxyl groups is 1. The molecule has 3 rings (SSSR count). The molecule has 11 nitrogen and oxygen atoms in total. The van der Waals surface area contributed by atoms with Crippen LogP contribution in [0.25, 0.3) is 0 Å². The molecule has 3 aromatic rings. The highest BCUT2D eigenvalue weighted by Gasteiger charge is 2.31. The van der Waals surface area contributed by atoms with Gasteiger partial charge in [0.15, 0.2) is 6.61 Å². The van der Waals surface area contributed by atoms with Crippen LogP contribution >= 0.6 is 0 Å². The zero-order chi connectivity index (χ0) is 32.2. The third kappa shape index (κ3) is 11.5. The molecule has 0 unspecified atom stereocenters. The fourth-order valence-corrected chi connectivity index (χ4v) is 3.31. The van der Waals surface area contributed by atoms with Crippen LogP contribution in [-0.2, 0) is 25.3 Å². The summed E-state index contributed by atoms with van der Waals surface area (Å²) in [6.45, 7) is 1.97. The monoisotopic (exact) mass is 604 g/mol. The molecule has 3 aromatic carbocycles. The van der Waals surface area contributed by atoms with E-state index in [-0.39, 0.29) is 11.3 Å². The van der Waals surface area contributed by atoms with Crippen molar-refractivity contribution in [3.63, 3.8) is 0 Å². The van der Waals surface area contributed by atoms with E-state index in [1.54, 1.807) is 26.0 Å². The van der Waals surface area contributed by atoms with Crippen molar-refractivity contribution in [2.75, 3.05) is 19.7 Å². The smallest absolute Gasteiger partial charge is 0.416 e. The number of carbonyl (C=O) groups excluding carboxylic acids is 4. The lowest BCUT2D eigenvalue weighted by atomic mass is 10.1. The van der Waals surface area contributed by atoms with Gasteiger partial charge in [-0.1, -0.05) is 24.3 Å². The van der Waals surface area contributed by atoms with E-state index in [2.05, 4.69) is 15.4 Å². The van der Waals surface area contributed by atoms with Gasteiger partial charge in [-0.05, 0) is 67.4 Å². The Morgan fingerprint density at radius 1 is 0.767 bits per heavy atom. The number of carboxylic acids is 1. The number of benzene rings is 3. The number of aryl methyl sites for hydroxylation is 2. The molecular formula is C29H27F3N2O9. The second-order valence-corrected chi connectivity index (χ2v) is 8.74. The van der Waals surface area contributed by atoms with Crippen LogP contribution < -0.4 is 15.4 Å². The number of hydrogen-bond donors (Lipinski definition) is 4. The minimum atomic E-state index is -4.60. The van der Waals surface area contributed by atoms with Crippen LogP contribution in [0.15, 0.2) is 66.7 Å². The number of esters is 2. The third-order valence-electron chi connectivity index (χ3n) is 5.35. The number of para-hydroxylation sites is 1. The molecule has 0 radical (unpaired) electrons. The van der Waals surface area contributed by atoms with Gasteiger partial charge in [0.1, 0.15) is 24.6 Å². The number of phenolic OH excluding ortho intramolecular Hbond substituents is 1. The molecule has 0 bridgehead atoms. The topological polar surface area (TPSA) is 168 Å². The van der Waals surface area contributed by atoms with Crippen molar-refractivity contribution in [1.29, 1.82) is 0 Å². The van der Waals surface area contributed by atoms with Crippen molar-refractivity contribution < 1.29 is 56.8 Å². The molecule has 0 spiro atoms. The summed E-state index contributed by atoms with van der Waals surface area (Å²) in [5, 5.41) is 21.5. The van der Waals surface area contributed by atoms with Crippen LogP contribution in [0.5, 0.6) is 11.5 Å². The molecule has 0 atom stereocenters. The zero-order valence-electron chi connectivity index (χ0n) is 22.9. The molecule has 0 aromatic heterocycles. The van der Waals surface area contributed by atoms with Crippen molar-refractivity contribution >= 4 is 29.7 Å². The van der Waals surface area contributed by atoms with Crippen molar-refractivity contribution in [3.05, 3.63) is 94.5 Å². The number of aliphatic carboxylic acids is 1. The summed E-state index contributed by atoms with van der Waals surface area (Å²) in [6, 6.07) is 14.7. The normalized spacial score (nSPS) is 10.4. The number of phenols is 1. The van der Waals surface area contributed by atoms with Crippen LogP contribution in [0.3, 0.4) is 0 Å². The van der Waals surface area contributed by atoms with Crippen molar-refractivity contribution in [1.82, 2.24) is 10.6 Å². The first kappa shape index (κ1) is 33.8. The first-order chi connectivity index (χ1) is 20.2. The van der Waals surface area contributed by atoms with Crippen LogP contribution in [0.2, 0.25) is 0 Å². The summed E-state index contributed by atoms with van der Waals surface area (Å²) in [4.78, 5) is 56.6. The van der Waals surface area contributed by atoms with Gasteiger partial charge in [0.25, 0.3) is 11.8 Å². The molecule has 0 saturated carbocycles. The summed E-state index contributed by atoms with van der Waals surface area (Å²) in [5.74, 6) is -3.97. The summed E-state index contributed by atoms with van der Waals surface area (Å²) < 4.78 is 47.9. The van der Waals surface area contributed by atoms with Crippen molar-refractivity contribution in [2.45, 2.75) is 20.0 Å². The minimum absolute atomic E-state index is 0.0554. The van der Waals surface area contributed by atoms with Gasteiger partial charge in [-0.15, -0.1) is 0 Å². The van der Waals surface area contributed by atoms with E-state index in [1.807, 2.05) is 6.07 Å². The SMILES string of the molecule is Cc1cccc(C)c1OCC(=O)OC(=O)CNC(=O)c1cccc(C(F)(F)F)c1.O=C(O)CNC(=O)c1ccc(O)cc1. The lowest BCUT2D eigenvalue weighted by Crippen LogP contribution is -2.32. The Bertz CT molecular complexity index is 1450. The standard InChI is InChI=1S/C20H18F3NO5.C9H9NO4/c1-12-5-3-6-13(2)18(12)28-11-17(26)29-16(25)10-24-19(27)14-7-4-8-15(9-14)20(21,22)23;11-7-3-1-6(2-4-7)9(14)10-5-8(12)13/h3-9H,10-11H2,1-2H3,(H,24,27);1-4,11H,5H2,(H,10,14)(H,12,13). The average molecular weight is 605 g/mol. The van der Waals surface area contributed by atoms with Gasteiger partial charge >= 0.3 is 24.1 Å². The Morgan fingerprint density at radius 3 is 1.91 bits per heavy atom. The highest BCUT2D eigenvalue weighted by Crippen LogP contribution is 2.29. The fraction of sp³-hybridized carbons (Fsp3) is 0.207. The van der Waals surface area contributed by atoms with Crippen LogP contribution in [-0.4, -0.2) is 59.6 Å². The van der Waals surface area contributed by atoms with Gasteiger partial charge < -0.3 is 30.3 Å². The van der Waals surface area contributed by atoms with Gasteiger partial charge in [0.05, 0.1) is 5.56 Å². The molecule has 0 aliphatic heterocycles. The van der Waals surface area contributed by atoms with E-state index < -0.39 is 61.2 Å². The maximum atomic E-state index is 12.7. The summed E-state index contributed by atoms with van der Waals surface area (Å²) in [5.41, 5.74) is 0.642.